The molecule has 1 aliphatic heterocycles. The minimum absolute atomic E-state index is 0.253. The number of benzene rings is 1. The molecule has 0 spiro atoms. The molecule has 4 aromatic rings. The molecule has 0 saturated heterocycles. The van der Waals surface area contributed by atoms with Gasteiger partial charge in [-0.25, -0.2) is 4.98 Å². The summed E-state index contributed by atoms with van der Waals surface area (Å²) in [7, 11) is 0. The number of nitrogens with zero attached hydrogens (tertiary/aromatic N) is 5. The van der Waals surface area contributed by atoms with E-state index in [1.165, 1.54) is 0 Å². The number of aromatic nitrogens is 5. The van der Waals surface area contributed by atoms with Gasteiger partial charge in [-0.1, -0.05) is 5.16 Å². The van der Waals surface area contributed by atoms with Crippen LogP contribution in [-0.4, -0.2) is 31.5 Å². The van der Waals surface area contributed by atoms with E-state index >= 15 is 0 Å². The van der Waals surface area contributed by atoms with Gasteiger partial charge in [0.1, 0.15) is 5.82 Å². The Balaban J connectivity index is 1.36. The minimum Gasteiger partial charge on any atom is -0.454 e. The Bertz CT molecular complexity index is 1120. The molecule has 8 heteroatoms. The largest absolute Gasteiger partial charge is 0.454 e. The Morgan fingerprint density at radius 2 is 2.04 bits per heavy atom. The first-order valence-electron chi connectivity index (χ1n) is 8.92. The van der Waals surface area contributed by atoms with Crippen LogP contribution in [0.5, 0.6) is 11.5 Å². The molecule has 1 aliphatic rings. The molecule has 3 aromatic heterocycles. The van der Waals surface area contributed by atoms with Gasteiger partial charge in [0.15, 0.2) is 11.5 Å². The van der Waals surface area contributed by atoms with Gasteiger partial charge in [0.25, 0.3) is 0 Å². The van der Waals surface area contributed by atoms with Crippen LogP contribution in [0.2, 0.25) is 0 Å². The highest BCUT2D eigenvalue weighted by molar-refractivity contribution is 5.66. The summed E-state index contributed by atoms with van der Waals surface area (Å²) in [6, 6.07) is 7.70. The second-order valence-electron chi connectivity index (χ2n) is 6.47. The standard InChI is InChI=1S/C20H17N5O3/c1-13-9-16-17(27-12-26-16)10-15(13)20-22-6-8-25(20)7-4-18-23-19(24-28-18)14-3-2-5-21-11-14/h2-3,5-6,8-11H,4,7,12H2,1H3. The van der Waals surface area contributed by atoms with Crippen molar-refractivity contribution in [2.24, 2.45) is 0 Å². The first kappa shape index (κ1) is 16.5. The van der Waals surface area contributed by atoms with Crippen LogP contribution in [0.4, 0.5) is 0 Å². The number of fused-ring (bicyclic) bond motifs is 1. The van der Waals surface area contributed by atoms with Crippen molar-refractivity contribution in [1.29, 1.82) is 0 Å². The van der Waals surface area contributed by atoms with Crippen LogP contribution < -0.4 is 9.47 Å². The van der Waals surface area contributed by atoms with Gasteiger partial charge in [-0.3, -0.25) is 4.98 Å². The van der Waals surface area contributed by atoms with Crippen LogP contribution in [-0.2, 0) is 13.0 Å². The third kappa shape index (κ3) is 2.98. The second-order valence-corrected chi connectivity index (χ2v) is 6.47. The summed E-state index contributed by atoms with van der Waals surface area (Å²) in [5, 5.41) is 4.04. The number of rotatable bonds is 5. The van der Waals surface area contributed by atoms with Crippen LogP contribution in [0, 0.1) is 6.92 Å². The fourth-order valence-corrected chi connectivity index (χ4v) is 3.20. The molecular weight excluding hydrogens is 358 g/mol. The van der Waals surface area contributed by atoms with Gasteiger partial charge in [-0.2, -0.15) is 4.98 Å². The number of ether oxygens (including phenoxy) is 2. The van der Waals surface area contributed by atoms with Crippen LogP contribution in [0.1, 0.15) is 11.5 Å². The predicted octanol–water partition coefficient (Wildman–Crippen LogP) is 3.27. The lowest BCUT2D eigenvalue weighted by Gasteiger charge is -2.10. The maximum atomic E-state index is 5.51. The van der Waals surface area contributed by atoms with Gasteiger partial charge in [-0.05, 0) is 36.8 Å². The fraction of sp³-hybridized carbons (Fsp3) is 0.200. The summed E-state index contributed by atoms with van der Waals surface area (Å²) >= 11 is 0. The molecule has 4 heterocycles. The average Bonchev–Trinajstić information content (AvgIpc) is 3.46. The Kier molecular flexibility index (Phi) is 4.01. The first-order valence-corrected chi connectivity index (χ1v) is 8.92. The summed E-state index contributed by atoms with van der Waals surface area (Å²) in [4.78, 5) is 13.1. The Morgan fingerprint density at radius 1 is 1.14 bits per heavy atom. The van der Waals surface area contributed by atoms with Crippen LogP contribution in [0.3, 0.4) is 0 Å². The Labute approximate surface area is 160 Å². The molecule has 0 aliphatic carbocycles. The summed E-state index contributed by atoms with van der Waals surface area (Å²) in [6.07, 6.45) is 7.75. The first-order chi connectivity index (χ1) is 13.8. The van der Waals surface area contributed by atoms with Gasteiger partial charge in [0, 0.05) is 48.9 Å². The zero-order valence-corrected chi connectivity index (χ0v) is 15.2. The SMILES string of the molecule is Cc1cc2c(cc1-c1nccn1CCc1nc(-c3cccnc3)no1)OCO2. The van der Waals surface area contributed by atoms with Crippen molar-refractivity contribution in [3.05, 3.63) is 60.5 Å². The molecule has 0 radical (unpaired) electrons. The summed E-state index contributed by atoms with van der Waals surface area (Å²) in [6.45, 7) is 2.95. The van der Waals surface area contributed by atoms with Crippen molar-refractivity contribution >= 4 is 0 Å². The Morgan fingerprint density at radius 3 is 2.89 bits per heavy atom. The highest BCUT2D eigenvalue weighted by Crippen LogP contribution is 2.38. The van der Waals surface area contributed by atoms with E-state index in [1.54, 1.807) is 18.6 Å². The third-order valence-electron chi connectivity index (χ3n) is 4.63. The molecular formula is C20H17N5O3. The zero-order chi connectivity index (χ0) is 18.9. The molecule has 5 rings (SSSR count). The highest BCUT2D eigenvalue weighted by atomic mass is 16.7. The predicted molar refractivity (Wildman–Crippen MR) is 99.8 cm³/mol. The smallest absolute Gasteiger partial charge is 0.231 e. The van der Waals surface area contributed by atoms with Crippen molar-refractivity contribution < 1.29 is 14.0 Å². The number of pyridine rings is 1. The molecule has 8 nitrogen and oxygen atoms in total. The number of hydrogen-bond acceptors (Lipinski definition) is 7. The van der Waals surface area contributed by atoms with E-state index in [-0.39, 0.29) is 6.79 Å². The lowest BCUT2D eigenvalue weighted by Crippen LogP contribution is -2.03. The van der Waals surface area contributed by atoms with Crippen LogP contribution in [0.15, 0.2) is 53.6 Å². The molecule has 1 aromatic carbocycles. The van der Waals surface area contributed by atoms with E-state index in [0.29, 0.717) is 24.7 Å². The summed E-state index contributed by atoms with van der Waals surface area (Å²) in [5.74, 6) is 3.49. The zero-order valence-electron chi connectivity index (χ0n) is 15.2. The second kappa shape index (κ2) is 6.80. The Hall–Kier alpha value is -3.68. The van der Waals surface area contributed by atoms with E-state index in [0.717, 1.165) is 34.0 Å². The topological polar surface area (TPSA) is 88.1 Å². The normalized spacial score (nSPS) is 12.5. The quantitative estimate of drug-likeness (QED) is 0.529. The van der Waals surface area contributed by atoms with E-state index in [1.807, 2.05) is 37.4 Å². The molecule has 140 valence electrons. The molecule has 0 N–H and O–H groups in total. The molecule has 0 atom stereocenters. The number of imidazole rings is 1. The number of aryl methyl sites for hydroxylation is 3. The number of hydrogen-bond donors (Lipinski definition) is 0. The monoisotopic (exact) mass is 375 g/mol. The fourth-order valence-electron chi connectivity index (χ4n) is 3.20. The average molecular weight is 375 g/mol. The van der Waals surface area contributed by atoms with Crippen molar-refractivity contribution in [3.8, 4) is 34.3 Å². The molecule has 0 saturated carbocycles. The van der Waals surface area contributed by atoms with Gasteiger partial charge < -0.3 is 18.6 Å². The van der Waals surface area contributed by atoms with Gasteiger partial charge in [0.05, 0.1) is 0 Å². The van der Waals surface area contributed by atoms with Crippen LogP contribution >= 0.6 is 0 Å². The van der Waals surface area contributed by atoms with E-state index in [4.69, 9.17) is 14.0 Å². The van der Waals surface area contributed by atoms with Crippen molar-refractivity contribution in [2.45, 2.75) is 19.9 Å². The van der Waals surface area contributed by atoms with Gasteiger partial charge >= 0.3 is 0 Å². The maximum Gasteiger partial charge on any atom is 0.231 e. The van der Waals surface area contributed by atoms with Crippen molar-refractivity contribution in [3.63, 3.8) is 0 Å². The lowest BCUT2D eigenvalue weighted by atomic mass is 10.1. The van der Waals surface area contributed by atoms with E-state index < -0.39 is 0 Å². The molecule has 0 amide bonds. The molecule has 0 unspecified atom stereocenters. The molecule has 0 fully saturated rings. The summed E-state index contributed by atoms with van der Waals surface area (Å²) < 4.78 is 18.4. The van der Waals surface area contributed by atoms with Gasteiger partial charge in [-0.15, -0.1) is 0 Å². The highest BCUT2D eigenvalue weighted by Gasteiger charge is 2.19. The van der Waals surface area contributed by atoms with E-state index in [2.05, 4.69) is 24.7 Å². The van der Waals surface area contributed by atoms with Crippen molar-refractivity contribution in [2.75, 3.05) is 6.79 Å². The molecule has 0 bridgehead atoms. The molecule has 28 heavy (non-hydrogen) atoms. The minimum atomic E-state index is 0.253. The van der Waals surface area contributed by atoms with Crippen LogP contribution in [0.25, 0.3) is 22.8 Å². The maximum absolute atomic E-state index is 5.51. The van der Waals surface area contributed by atoms with E-state index in [9.17, 15) is 0 Å². The third-order valence-corrected chi connectivity index (χ3v) is 4.63. The van der Waals surface area contributed by atoms with Crippen molar-refractivity contribution in [1.82, 2.24) is 24.7 Å². The lowest BCUT2D eigenvalue weighted by molar-refractivity contribution is 0.174. The summed E-state index contributed by atoms with van der Waals surface area (Å²) in [5.41, 5.74) is 2.92. The van der Waals surface area contributed by atoms with Gasteiger partial charge in [0.2, 0.25) is 18.5 Å².